The molecular formula is C11H13F3N6S. The quantitative estimate of drug-likeness (QED) is 0.873. The van der Waals surface area contributed by atoms with Crippen molar-refractivity contribution in [1.82, 2.24) is 25.1 Å². The Morgan fingerprint density at radius 3 is 2.43 bits per heavy atom. The number of aromatic nitrogens is 5. The fourth-order valence-corrected chi connectivity index (χ4v) is 2.09. The summed E-state index contributed by atoms with van der Waals surface area (Å²) in [5.74, 6) is 0.823. The molecule has 0 amide bonds. The molecule has 2 rings (SSSR count). The normalized spacial score (nSPS) is 11.7. The van der Waals surface area contributed by atoms with E-state index in [-0.39, 0.29) is 16.1 Å². The summed E-state index contributed by atoms with van der Waals surface area (Å²) in [6, 6.07) is 0.902. The second-order valence-electron chi connectivity index (χ2n) is 4.31. The number of nitrogens with one attached hydrogen (secondary N) is 1. The van der Waals surface area contributed by atoms with Gasteiger partial charge >= 0.3 is 6.18 Å². The zero-order chi connectivity index (χ0) is 15.6. The number of nitrogens with zero attached hydrogens (tertiary/aromatic N) is 5. The summed E-state index contributed by atoms with van der Waals surface area (Å²) in [6.07, 6.45) is -3.88. The molecule has 0 saturated heterocycles. The molecule has 0 radical (unpaired) electrons. The van der Waals surface area contributed by atoms with Crippen LogP contribution in [0.15, 0.2) is 16.4 Å². The monoisotopic (exact) mass is 318 g/mol. The molecule has 0 fully saturated rings. The molecule has 0 saturated carbocycles. The van der Waals surface area contributed by atoms with Crippen molar-refractivity contribution >= 4 is 17.6 Å². The van der Waals surface area contributed by atoms with E-state index in [1.54, 1.807) is 14.1 Å². The van der Waals surface area contributed by atoms with Gasteiger partial charge in [0.1, 0.15) is 11.6 Å². The van der Waals surface area contributed by atoms with Crippen molar-refractivity contribution in [3.63, 3.8) is 0 Å². The van der Waals surface area contributed by atoms with Gasteiger partial charge in [-0.25, -0.2) is 15.0 Å². The van der Waals surface area contributed by atoms with E-state index in [0.29, 0.717) is 12.2 Å². The third-order valence-corrected chi connectivity index (χ3v) is 3.20. The van der Waals surface area contributed by atoms with Gasteiger partial charge in [0.25, 0.3) is 0 Å². The van der Waals surface area contributed by atoms with Crippen molar-refractivity contribution in [2.24, 2.45) is 0 Å². The maximum absolute atomic E-state index is 12.9. The van der Waals surface area contributed by atoms with E-state index in [4.69, 9.17) is 0 Å². The number of hydrogen-bond acceptors (Lipinski definition) is 6. The number of rotatable bonds is 4. The van der Waals surface area contributed by atoms with Crippen molar-refractivity contribution in [2.75, 3.05) is 19.0 Å². The van der Waals surface area contributed by atoms with E-state index < -0.39 is 11.9 Å². The van der Waals surface area contributed by atoms with E-state index in [1.807, 2.05) is 6.92 Å². The molecule has 6 nitrogen and oxygen atoms in total. The highest BCUT2D eigenvalue weighted by atomic mass is 32.2. The average molecular weight is 318 g/mol. The highest BCUT2D eigenvalue weighted by Gasteiger charge is 2.34. The number of anilines is 1. The predicted octanol–water partition coefficient (Wildman–Crippen LogP) is 2.39. The van der Waals surface area contributed by atoms with Crippen LogP contribution in [-0.4, -0.2) is 39.2 Å². The zero-order valence-electron chi connectivity index (χ0n) is 11.6. The standard InChI is InChI=1S/C11H13F3N6S/c1-4-7-16-10(19-18-7)21-9-15-6(11(12,13)14)5-8(17-9)20(2)3/h5H,4H2,1-3H3,(H,16,18,19). The van der Waals surface area contributed by atoms with Gasteiger partial charge in [-0.2, -0.15) is 13.2 Å². The Morgan fingerprint density at radius 1 is 1.19 bits per heavy atom. The van der Waals surface area contributed by atoms with Crippen LogP contribution in [0, 0.1) is 0 Å². The van der Waals surface area contributed by atoms with Gasteiger partial charge in [-0.1, -0.05) is 6.92 Å². The van der Waals surface area contributed by atoms with Gasteiger partial charge in [-0.05, 0) is 11.8 Å². The van der Waals surface area contributed by atoms with Gasteiger partial charge in [-0.3, -0.25) is 5.10 Å². The summed E-state index contributed by atoms with van der Waals surface area (Å²) in [5.41, 5.74) is -0.991. The Bertz CT molecular complexity index is 625. The van der Waals surface area contributed by atoms with Crippen molar-refractivity contribution in [2.45, 2.75) is 29.8 Å². The molecule has 0 aliphatic rings. The largest absolute Gasteiger partial charge is 0.433 e. The third kappa shape index (κ3) is 3.84. The van der Waals surface area contributed by atoms with Gasteiger partial charge in [0.2, 0.25) is 5.16 Å². The summed E-state index contributed by atoms with van der Waals surface area (Å²) in [6.45, 7) is 1.89. The molecular weight excluding hydrogens is 305 g/mol. The number of H-pyrrole nitrogens is 1. The first kappa shape index (κ1) is 15.5. The van der Waals surface area contributed by atoms with Crippen LogP contribution in [0.2, 0.25) is 0 Å². The summed E-state index contributed by atoms with van der Waals surface area (Å²) < 4.78 is 38.6. The number of hydrogen-bond donors (Lipinski definition) is 1. The summed E-state index contributed by atoms with van der Waals surface area (Å²) in [4.78, 5) is 13.2. The molecule has 0 atom stereocenters. The van der Waals surface area contributed by atoms with E-state index in [0.717, 1.165) is 17.8 Å². The molecule has 10 heteroatoms. The third-order valence-electron chi connectivity index (χ3n) is 2.47. The lowest BCUT2D eigenvalue weighted by atomic mass is 10.4. The van der Waals surface area contributed by atoms with Crippen LogP contribution in [0.5, 0.6) is 0 Å². The first-order valence-electron chi connectivity index (χ1n) is 6.02. The molecule has 0 unspecified atom stereocenters. The molecule has 2 aromatic heterocycles. The number of halogens is 3. The van der Waals surface area contributed by atoms with Gasteiger partial charge in [0, 0.05) is 26.6 Å². The first-order chi connectivity index (χ1) is 9.79. The molecule has 114 valence electrons. The lowest BCUT2D eigenvalue weighted by Crippen LogP contribution is -2.16. The fraction of sp³-hybridized carbons (Fsp3) is 0.455. The van der Waals surface area contributed by atoms with Crippen LogP contribution >= 0.6 is 11.8 Å². The smallest absolute Gasteiger partial charge is 0.363 e. The molecule has 2 heterocycles. The number of alkyl halides is 3. The minimum Gasteiger partial charge on any atom is -0.363 e. The van der Waals surface area contributed by atoms with Crippen molar-refractivity contribution in [1.29, 1.82) is 0 Å². The van der Waals surface area contributed by atoms with Crippen LogP contribution in [0.25, 0.3) is 0 Å². The predicted molar refractivity (Wildman–Crippen MR) is 71.2 cm³/mol. The van der Waals surface area contributed by atoms with Crippen LogP contribution in [0.1, 0.15) is 18.4 Å². The molecule has 0 spiro atoms. The highest BCUT2D eigenvalue weighted by Crippen LogP contribution is 2.32. The lowest BCUT2D eigenvalue weighted by Gasteiger charge is -2.14. The zero-order valence-corrected chi connectivity index (χ0v) is 12.4. The van der Waals surface area contributed by atoms with Gasteiger partial charge < -0.3 is 4.90 Å². The average Bonchev–Trinajstić information content (AvgIpc) is 2.85. The Morgan fingerprint density at radius 2 is 1.90 bits per heavy atom. The van der Waals surface area contributed by atoms with E-state index in [1.165, 1.54) is 4.90 Å². The van der Waals surface area contributed by atoms with Crippen LogP contribution in [0.3, 0.4) is 0 Å². The highest BCUT2D eigenvalue weighted by molar-refractivity contribution is 7.99. The number of aryl methyl sites for hydroxylation is 1. The minimum atomic E-state index is -4.53. The van der Waals surface area contributed by atoms with E-state index in [9.17, 15) is 13.2 Å². The molecule has 1 N–H and O–H groups in total. The van der Waals surface area contributed by atoms with Crippen LogP contribution in [0.4, 0.5) is 19.0 Å². The minimum absolute atomic E-state index is 0.0461. The molecule has 2 aromatic rings. The van der Waals surface area contributed by atoms with E-state index in [2.05, 4.69) is 25.1 Å². The van der Waals surface area contributed by atoms with Crippen LogP contribution < -0.4 is 4.90 Å². The second-order valence-corrected chi connectivity index (χ2v) is 5.24. The maximum Gasteiger partial charge on any atom is 0.433 e. The Kier molecular flexibility index (Phi) is 4.35. The van der Waals surface area contributed by atoms with Gasteiger partial charge in [0.15, 0.2) is 10.9 Å². The molecule has 21 heavy (non-hydrogen) atoms. The number of aromatic amines is 1. The topological polar surface area (TPSA) is 70.6 Å². The Hall–Kier alpha value is -1.84. The van der Waals surface area contributed by atoms with Crippen LogP contribution in [-0.2, 0) is 12.6 Å². The maximum atomic E-state index is 12.9. The SMILES string of the molecule is CCc1nc(Sc2nc(N(C)C)cc(C(F)(F)F)n2)n[nH]1. The van der Waals surface area contributed by atoms with Gasteiger partial charge in [-0.15, -0.1) is 5.10 Å². The molecule has 0 aromatic carbocycles. The van der Waals surface area contributed by atoms with Crippen molar-refractivity contribution in [3.05, 3.63) is 17.6 Å². The lowest BCUT2D eigenvalue weighted by molar-refractivity contribution is -0.141. The summed E-state index contributed by atoms with van der Waals surface area (Å²) in [5, 5.41) is 6.83. The van der Waals surface area contributed by atoms with E-state index >= 15 is 0 Å². The summed E-state index contributed by atoms with van der Waals surface area (Å²) >= 11 is 0.883. The Balaban J connectivity index is 2.35. The second kappa shape index (κ2) is 5.88. The van der Waals surface area contributed by atoms with Crippen molar-refractivity contribution < 1.29 is 13.2 Å². The fourth-order valence-electron chi connectivity index (χ4n) is 1.40. The molecule has 0 bridgehead atoms. The first-order valence-corrected chi connectivity index (χ1v) is 6.84. The summed E-state index contributed by atoms with van der Waals surface area (Å²) in [7, 11) is 3.22. The molecule has 0 aliphatic carbocycles. The van der Waals surface area contributed by atoms with Crippen molar-refractivity contribution in [3.8, 4) is 0 Å². The Labute approximate surface area is 123 Å². The van der Waals surface area contributed by atoms with Gasteiger partial charge in [0.05, 0.1) is 0 Å². The molecule has 0 aliphatic heterocycles.